The van der Waals surface area contributed by atoms with Gasteiger partial charge in [-0.3, -0.25) is 9.20 Å². The van der Waals surface area contributed by atoms with Crippen LogP contribution in [0.15, 0.2) is 41.4 Å². The van der Waals surface area contributed by atoms with E-state index in [1.165, 1.54) is 16.6 Å². The SMILES string of the molecule is Cc1ccc([C@H](c2ccn3c(C(F)(F)F)nnc3c2C)C(C)(C)C(=O)O)cc1CN1CC2(CCOCC2)Oc2nc(N[C@@H](C)CCO)c(C)cc2S1(=O)=O. The number of hydrogen-bond donors (Lipinski definition) is 3. The van der Waals surface area contributed by atoms with E-state index in [9.17, 15) is 36.6 Å². The quantitative estimate of drug-likeness (QED) is 0.183. The summed E-state index contributed by atoms with van der Waals surface area (Å²) in [7, 11) is -4.22. The monoisotopic (exact) mass is 774 g/mol. The number of fused-ring (bicyclic) bond motifs is 2. The summed E-state index contributed by atoms with van der Waals surface area (Å²) in [5.74, 6) is -2.79. The Hall–Kier alpha value is -4.32. The number of carboxylic acid groups (broad SMARTS) is 1. The molecule has 2 atom stereocenters. The van der Waals surface area contributed by atoms with Crippen LogP contribution in [0.25, 0.3) is 5.65 Å². The first-order valence-electron chi connectivity index (χ1n) is 17.7. The topological polar surface area (TPSA) is 168 Å². The van der Waals surface area contributed by atoms with Crippen LogP contribution in [0.2, 0.25) is 0 Å². The van der Waals surface area contributed by atoms with E-state index >= 15 is 0 Å². The Morgan fingerprint density at radius 1 is 1.07 bits per heavy atom. The molecule has 3 aromatic heterocycles. The molecule has 0 aliphatic carbocycles. The van der Waals surface area contributed by atoms with Crippen LogP contribution in [0.4, 0.5) is 19.0 Å². The van der Waals surface area contributed by atoms with Crippen molar-refractivity contribution in [3.8, 4) is 5.88 Å². The van der Waals surface area contributed by atoms with Gasteiger partial charge in [0, 0.05) is 44.1 Å². The summed E-state index contributed by atoms with van der Waals surface area (Å²) < 4.78 is 84.8. The molecule has 2 aliphatic rings. The second-order valence-electron chi connectivity index (χ2n) is 14.9. The second-order valence-corrected chi connectivity index (χ2v) is 16.8. The number of nitrogens with one attached hydrogen (secondary N) is 1. The van der Waals surface area contributed by atoms with Crippen molar-refractivity contribution < 1.29 is 46.1 Å². The molecule has 0 radical (unpaired) electrons. The zero-order valence-electron chi connectivity index (χ0n) is 31.0. The molecule has 3 N–H and O–H groups in total. The van der Waals surface area contributed by atoms with E-state index in [4.69, 9.17) is 9.47 Å². The zero-order chi connectivity index (χ0) is 39.4. The van der Waals surface area contributed by atoms with Gasteiger partial charge in [-0.25, -0.2) is 8.42 Å². The van der Waals surface area contributed by atoms with E-state index in [0.29, 0.717) is 66.1 Å². The summed E-state index contributed by atoms with van der Waals surface area (Å²) in [6.07, 6.45) is -2.28. The molecule has 4 aromatic rings. The number of carbonyl (C=O) groups is 1. The molecule has 0 amide bonds. The molecule has 13 nitrogen and oxygen atoms in total. The summed E-state index contributed by atoms with van der Waals surface area (Å²) in [4.78, 5) is 17.4. The highest BCUT2D eigenvalue weighted by Gasteiger charge is 2.47. The molecule has 0 unspecified atom stereocenters. The molecule has 17 heteroatoms. The number of aliphatic hydroxyl groups excluding tert-OH is 1. The summed E-state index contributed by atoms with van der Waals surface area (Å²) in [5, 5.41) is 30.3. The van der Waals surface area contributed by atoms with Crippen LogP contribution in [0, 0.1) is 26.2 Å². The van der Waals surface area contributed by atoms with Crippen LogP contribution in [-0.4, -0.2) is 86.5 Å². The highest BCUT2D eigenvalue weighted by Crippen LogP contribution is 2.45. The van der Waals surface area contributed by atoms with E-state index in [0.717, 1.165) is 9.96 Å². The number of pyridine rings is 2. The molecular weight excluding hydrogens is 730 g/mol. The average Bonchev–Trinajstić information content (AvgIpc) is 3.52. The average molecular weight is 775 g/mol. The van der Waals surface area contributed by atoms with Crippen LogP contribution >= 0.6 is 0 Å². The summed E-state index contributed by atoms with van der Waals surface area (Å²) >= 11 is 0. The van der Waals surface area contributed by atoms with Crippen LogP contribution in [-0.2, 0) is 32.3 Å². The molecule has 0 bridgehead atoms. The molecule has 6 rings (SSSR count). The first kappa shape index (κ1) is 39.4. The molecule has 1 aromatic carbocycles. The molecule has 1 fully saturated rings. The lowest BCUT2D eigenvalue weighted by atomic mass is 9.70. The molecule has 1 saturated heterocycles. The number of hydrogen-bond acceptors (Lipinski definition) is 10. The fraction of sp³-hybridized carbons (Fsp3) is 0.514. The van der Waals surface area contributed by atoms with Gasteiger partial charge in [-0.2, -0.15) is 22.5 Å². The van der Waals surface area contributed by atoms with Gasteiger partial charge in [0.25, 0.3) is 0 Å². The Balaban J connectivity index is 1.45. The van der Waals surface area contributed by atoms with Crippen LogP contribution in [0.1, 0.15) is 85.2 Å². The minimum atomic E-state index is -4.76. The van der Waals surface area contributed by atoms with Crippen molar-refractivity contribution in [3.63, 3.8) is 0 Å². The minimum Gasteiger partial charge on any atom is -0.481 e. The number of aromatic nitrogens is 4. The largest absolute Gasteiger partial charge is 0.481 e. The number of ether oxygens (including phenoxy) is 2. The fourth-order valence-electron chi connectivity index (χ4n) is 7.35. The number of rotatable bonds is 10. The fourth-order valence-corrected chi connectivity index (χ4v) is 8.97. The zero-order valence-corrected chi connectivity index (χ0v) is 31.8. The van der Waals surface area contributed by atoms with E-state index < -0.39 is 44.9 Å². The predicted octanol–water partition coefficient (Wildman–Crippen LogP) is 5.63. The molecule has 5 heterocycles. The number of halogens is 3. The van der Waals surface area contributed by atoms with Crippen LogP contribution < -0.4 is 10.1 Å². The summed E-state index contributed by atoms with van der Waals surface area (Å²) in [5.41, 5.74) is 0.748. The number of benzene rings is 1. The van der Waals surface area contributed by atoms with Crippen molar-refractivity contribution in [1.29, 1.82) is 0 Å². The van der Waals surface area contributed by atoms with Crippen molar-refractivity contribution in [2.24, 2.45) is 5.41 Å². The highest BCUT2D eigenvalue weighted by molar-refractivity contribution is 7.89. The van der Waals surface area contributed by atoms with Crippen LogP contribution in [0.3, 0.4) is 0 Å². The smallest absolute Gasteiger partial charge is 0.452 e. The molecule has 2 aliphatic heterocycles. The maximum absolute atomic E-state index is 14.6. The minimum absolute atomic E-state index is 0.00428. The van der Waals surface area contributed by atoms with Crippen molar-refractivity contribution in [2.45, 2.75) is 96.0 Å². The van der Waals surface area contributed by atoms with Gasteiger partial charge in [-0.15, -0.1) is 10.2 Å². The molecule has 1 spiro atoms. The Kier molecular flexibility index (Phi) is 10.5. The molecule has 292 valence electrons. The van der Waals surface area contributed by atoms with Crippen molar-refractivity contribution >= 4 is 27.5 Å². The van der Waals surface area contributed by atoms with E-state index in [1.807, 2.05) is 13.8 Å². The Morgan fingerprint density at radius 3 is 2.43 bits per heavy atom. The van der Waals surface area contributed by atoms with Gasteiger partial charge in [-0.1, -0.05) is 18.2 Å². The summed E-state index contributed by atoms with van der Waals surface area (Å²) in [6.45, 7) is 10.7. The number of aryl methyl sites for hydroxylation is 3. The lowest BCUT2D eigenvalue weighted by Gasteiger charge is -2.38. The van der Waals surface area contributed by atoms with Gasteiger partial charge in [-0.05, 0) is 93.5 Å². The Morgan fingerprint density at radius 2 is 1.78 bits per heavy atom. The number of sulfonamides is 1. The first-order chi connectivity index (χ1) is 25.3. The number of carboxylic acids is 1. The lowest BCUT2D eigenvalue weighted by Crippen LogP contribution is -2.50. The number of anilines is 1. The molecule has 0 saturated carbocycles. The highest BCUT2D eigenvalue weighted by atomic mass is 32.2. The van der Waals surface area contributed by atoms with Gasteiger partial charge < -0.3 is 25.0 Å². The predicted molar refractivity (Wildman–Crippen MR) is 192 cm³/mol. The third kappa shape index (κ3) is 7.25. The summed E-state index contributed by atoms with van der Waals surface area (Å²) in [6, 6.07) is 8.19. The van der Waals surface area contributed by atoms with Crippen molar-refractivity contribution in [3.05, 3.63) is 75.7 Å². The normalized spacial score (nSPS) is 18.5. The van der Waals surface area contributed by atoms with Gasteiger partial charge in [0.15, 0.2) is 5.65 Å². The van der Waals surface area contributed by atoms with E-state index in [-0.39, 0.29) is 42.2 Å². The Bertz CT molecular complexity index is 2180. The third-order valence-corrected chi connectivity index (χ3v) is 12.4. The van der Waals surface area contributed by atoms with Gasteiger partial charge in [0.05, 0.1) is 25.2 Å². The number of aliphatic hydroxyl groups is 1. The van der Waals surface area contributed by atoms with Crippen molar-refractivity contribution in [2.75, 3.05) is 31.7 Å². The van der Waals surface area contributed by atoms with Crippen LogP contribution in [0.5, 0.6) is 5.88 Å². The van der Waals surface area contributed by atoms with E-state index in [2.05, 4.69) is 20.5 Å². The van der Waals surface area contributed by atoms with E-state index in [1.54, 1.807) is 52.0 Å². The molecule has 54 heavy (non-hydrogen) atoms. The van der Waals surface area contributed by atoms with Gasteiger partial charge >= 0.3 is 12.1 Å². The number of nitrogens with zero attached hydrogens (tertiary/aromatic N) is 5. The first-order valence-corrected chi connectivity index (χ1v) is 19.1. The Labute approximate surface area is 311 Å². The number of alkyl halides is 3. The van der Waals surface area contributed by atoms with Gasteiger partial charge in [0.2, 0.25) is 21.7 Å². The maximum Gasteiger partial charge on any atom is 0.452 e. The second kappa shape index (κ2) is 14.4. The lowest BCUT2D eigenvalue weighted by molar-refractivity contribution is -0.147. The standard InChI is InChI=1S/C37H45F3N6O7S/c1-21-7-8-25(29(35(5,6)34(48)49)27-9-13-46-31(24(27)4)43-44-33(46)37(38,39)40)18-26(21)19-45-20-36(11-15-52-16-12-36)53-32-28(54(45,50)51)17-22(2)30(42-32)41-23(3)10-14-47/h7-9,13,17-18,23,29,47H,10-12,14-16,19-20H2,1-6H3,(H,41,42)(H,48,49)/t23-,29+/m0/s1. The van der Waals surface area contributed by atoms with Gasteiger partial charge in [0.1, 0.15) is 16.3 Å². The van der Waals surface area contributed by atoms with Crippen molar-refractivity contribution in [1.82, 2.24) is 23.9 Å². The number of aliphatic carboxylic acids is 1. The third-order valence-electron chi connectivity index (χ3n) is 10.6. The molecular formula is C37H45F3N6O7S. The maximum atomic E-state index is 14.6.